The number of methoxy groups -OCH3 is 1. The minimum absolute atomic E-state index is 0.00662. The summed E-state index contributed by atoms with van der Waals surface area (Å²) in [6.45, 7) is 13.6. The number of morpholine rings is 1. The fourth-order valence-corrected chi connectivity index (χ4v) is 3.72. The Bertz CT molecular complexity index is 804. The molecule has 2 atom stereocenters. The molecule has 30 heavy (non-hydrogen) atoms. The van der Waals surface area contributed by atoms with Crippen molar-refractivity contribution in [1.29, 1.82) is 0 Å². The van der Waals surface area contributed by atoms with Gasteiger partial charge >= 0.3 is 6.09 Å². The van der Waals surface area contributed by atoms with E-state index in [0.29, 0.717) is 22.9 Å². The molecule has 0 aromatic heterocycles. The normalized spacial score (nSPS) is 18.4. The maximum atomic E-state index is 12.3. The zero-order valence-corrected chi connectivity index (χ0v) is 19.8. The third kappa shape index (κ3) is 5.58. The third-order valence-corrected chi connectivity index (χ3v) is 5.38. The van der Waals surface area contributed by atoms with E-state index in [1.165, 1.54) is 0 Å². The first-order valence-corrected chi connectivity index (χ1v) is 10.5. The van der Waals surface area contributed by atoms with Gasteiger partial charge in [0, 0.05) is 27.7 Å². The Morgan fingerprint density at radius 2 is 1.97 bits per heavy atom. The van der Waals surface area contributed by atoms with Gasteiger partial charge in [0.1, 0.15) is 24.6 Å². The molecule has 1 saturated heterocycles. The van der Waals surface area contributed by atoms with Gasteiger partial charge in [-0.25, -0.2) is 4.79 Å². The molecule has 0 saturated carbocycles. The van der Waals surface area contributed by atoms with Gasteiger partial charge in [0.2, 0.25) is 5.91 Å². The summed E-state index contributed by atoms with van der Waals surface area (Å²) >= 11 is 6.53. The fourth-order valence-electron chi connectivity index (χ4n) is 3.50. The topological polar surface area (TPSA) is 77.1 Å². The van der Waals surface area contributed by atoms with E-state index in [0.717, 1.165) is 11.1 Å². The number of hydrogen-bond donors (Lipinski definition) is 1. The molecule has 2 amide bonds. The molecule has 0 radical (unpaired) electrons. The van der Waals surface area contributed by atoms with E-state index in [9.17, 15) is 9.59 Å². The van der Waals surface area contributed by atoms with E-state index in [1.54, 1.807) is 25.0 Å². The lowest BCUT2D eigenvalue weighted by atomic mass is 9.95. The number of carbonyl (C=O) groups excluding carboxylic acids is 2. The predicted molar refractivity (Wildman–Crippen MR) is 116 cm³/mol. The van der Waals surface area contributed by atoms with Crippen molar-refractivity contribution in [2.24, 2.45) is 0 Å². The molecule has 1 aliphatic rings. The second-order valence-electron chi connectivity index (χ2n) is 8.88. The molecule has 1 aromatic carbocycles. The summed E-state index contributed by atoms with van der Waals surface area (Å²) in [5.74, 6) is 0.506. The fraction of sp³-hybridized carbons (Fsp3) is 0.636. The average molecular weight is 441 g/mol. The van der Waals surface area contributed by atoms with Gasteiger partial charge < -0.3 is 24.4 Å². The lowest BCUT2D eigenvalue weighted by Crippen LogP contribution is -2.46. The zero-order chi connectivity index (χ0) is 22.8. The van der Waals surface area contributed by atoms with Gasteiger partial charge in [-0.1, -0.05) is 11.6 Å². The second kappa shape index (κ2) is 9.43. The minimum atomic E-state index is -0.606. The number of carbonyl (C=O) groups is 2. The molecule has 1 aliphatic heterocycles. The van der Waals surface area contributed by atoms with E-state index in [1.807, 2.05) is 41.5 Å². The van der Waals surface area contributed by atoms with Gasteiger partial charge in [0.05, 0.1) is 13.7 Å². The first kappa shape index (κ1) is 24.3. The van der Waals surface area contributed by atoms with Crippen LogP contribution in [-0.4, -0.2) is 48.7 Å². The molecular weight excluding hydrogens is 408 g/mol. The molecule has 2 rings (SSSR count). The van der Waals surface area contributed by atoms with Gasteiger partial charge in [-0.3, -0.25) is 4.79 Å². The van der Waals surface area contributed by atoms with Crippen LogP contribution in [0, 0.1) is 6.92 Å². The maximum absolute atomic E-state index is 12.3. The SMILES string of the molecule is COc1c(C(C)OC(=O)NC(C)(C)C)cc(Cl)c(C)c1C1CN(C(C)C)C(=O)CO1. The van der Waals surface area contributed by atoms with Gasteiger partial charge in [-0.05, 0) is 60.1 Å². The molecule has 1 aromatic rings. The Kier molecular flexibility index (Phi) is 7.64. The number of rotatable bonds is 5. The predicted octanol–water partition coefficient (Wildman–Crippen LogP) is 4.55. The van der Waals surface area contributed by atoms with Crippen LogP contribution in [0.4, 0.5) is 4.79 Å². The summed E-state index contributed by atoms with van der Waals surface area (Å²) < 4.78 is 17.2. The first-order chi connectivity index (χ1) is 13.9. The van der Waals surface area contributed by atoms with Crippen LogP contribution in [0.2, 0.25) is 5.02 Å². The number of hydrogen-bond acceptors (Lipinski definition) is 5. The Balaban J connectivity index is 2.42. The van der Waals surface area contributed by atoms with Crippen LogP contribution in [0.15, 0.2) is 6.07 Å². The maximum Gasteiger partial charge on any atom is 0.408 e. The van der Waals surface area contributed by atoms with Crippen molar-refractivity contribution in [2.75, 3.05) is 20.3 Å². The van der Waals surface area contributed by atoms with Crippen molar-refractivity contribution in [2.45, 2.75) is 72.3 Å². The minimum Gasteiger partial charge on any atom is -0.496 e. The van der Waals surface area contributed by atoms with Crippen molar-refractivity contribution in [1.82, 2.24) is 10.2 Å². The van der Waals surface area contributed by atoms with Crippen LogP contribution >= 0.6 is 11.6 Å². The van der Waals surface area contributed by atoms with Gasteiger partial charge in [0.15, 0.2) is 0 Å². The van der Waals surface area contributed by atoms with Gasteiger partial charge in [-0.2, -0.15) is 0 Å². The number of ether oxygens (including phenoxy) is 3. The molecule has 7 nitrogen and oxygen atoms in total. The Morgan fingerprint density at radius 3 is 2.50 bits per heavy atom. The monoisotopic (exact) mass is 440 g/mol. The number of benzene rings is 1. The van der Waals surface area contributed by atoms with E-state index < -0.39 is 23.8 Å². The number of nitrogens with one attached hydrogen (secondary N) is 1. The lowest BCUT2D eigenvalue weighted by molar-refractivity contribution is -0.151. The van der Waals surface area contributed by atoms with E-state index in [2.05, 4.69) is 5.32 Å². The molecule has 2 unspecified atom stereocenters. The van der Waals surface area contributed by atoms with Crippen LogP contribution in [0.5, 0.6) is 5.75 Å². The summed E-state index contributed by atoms with van der Waals surface area (Å²) in [6, 6.07) is 1.81. The highest BCUT2D eigenvalue weighted by molar-refractivity contribution is 6.31. The summed E-state index contributed by atoms with van der Waals surface area (Å²) in [5, 5.41) is 3.30. The number of nitrogens with zero attached hydrogens (tertiary/aromatic N) is 1. The Morgan fingerprint density at radius 1 is 1.33 bits per heavy atom. The molecule has 168 valence electrons. The van der Waals surface area contributed by atoms with E-state index in [4.69, 9.17) is 25.8 Å². The van der Waals surface area contributed by atoms with Crippen LogP contribution in [-0.2, 0) is 14.3 Å². The summed E-state index contributed by atoms with van der Waals surface area (Å²) in [6.07, 6.45) is -1.53. The first-order valence-electron chi connectivity index (χ1n) is 10.1. The van der Waals surface area contributed by atoms with Crippen LogP contribution in [0.25, 0.3) is 0 Å². The lowest BCUT2D eigenvalue weighted by Gasteiger charge is -2.37. The Hall–Kier alpha value is -1.99. The molecule has 0 bridgehead atoms. The highest BCUT2D eigenvalue weighted by Gasteiger charge is 2.34. The molecule has 1 N–H and O–H groups in total. The van der Waals surface area contributed by atoms with Crippen molar-refractivity contribution in [3.63, 3.8) is 0 Å². The highest BCUT2D eigenvalue weighted by atomic mass is 35.5. The van der Waals surface area contributed by atoms with Gasteiger partial charge in [0.25, 0.3) is 0 Å². The standard InChI is InChI=1S/C22H33ClN2O5/c1-12(2)25-10-17(29-11-18(25)26)19-13(3)16(23)9-15(20(19)28-8)14(4)30-21(27)24-22(5,6)7/h9,12,14,17H,10-11H2,1-8H3,(H,24,27). The van der Waals surface area contributed by atoms with Crippen molar-refractivity contribution < 1.29 is 23.8 Å². The van der Waals surface area contributed by atoms with Crippen LogP contribution in [0.1, 0.15) is 70.4 Å². The van der Waals surface area contributed by atoms with Crippen molar-refractivity contribution in [3.05, 3.63) is 27.8 Å². The summed E-state index contributed by atoms with van der Waals surface area (Å²) in [4.78, 5) is 26.2. The van der Waals surface area contributed by atoms with E-state index >= 15 is 0 Å². The molecule has 1 fully saturated rings. The Labute approximate surface area is 184 Å². The smallest absolute Gasteiger partial charge is 0.408 e. The van der Waals surface area contributed by atoms with Crippen LogP contribution in [0.3, 0.4) is 0 Å². The third-order valence-electron chi connectivity index (χ3n) is 4.99. The van der Waals surface area contributed by atoms with Crippen molar-refractivity contribution in [3.8, 4) is 5.75 Å². The highest BCUT2D eigenvalue weighted by Crippen LogP contribution is 2.42. The molecular formula is C22H33ClN2O5. The molecule has 8 heteroatoms. The molecule has 1 heterocycles. The molecule has 0 aliphatic carbocycles. The number of alkyl carbamates (subject to hydrolysis) is 1. The summed E-state index contributed by atoms with van der Waals surface area (Å²) in [7, 11) is 1.56. The summed E-state index contributed by atoms with van der Waals surface area (Å²) in [5.41, 5.74) is 1.81. The van der Waals surface area contributed by atoms with Gasteiger partial charge in [-0.15, -0.1) is 0 Å². The number of halogens is 1. The van der Waals surface area contributed by atoms with Crippen molar-refractivity contribution >= 4 is 23.6 Å². The quantitative estimate of drug-likeness (QED) is 0.726. The average Bonchev–Trinajstić information content (AvgIpc) is 2.62. The number of amides is 2. The molecule has 0 spiro atoms. The van der Waals surface area contributed by atoms with Crippen LogP contribution < -0.4 is 10.1 Å². The second-order valence-corrected chi connectivity index (χ2v) is 9.29. The van der Waals surface area contributed by atoms with E-state index in [-0.39, 0.29) is 18.6 Å². The zero-order valence-electron chi connectivity index (χ0n) is 19.1. The largest absolute Gasteiger partial charge is 0.496 e.